The molecule has 1 saturated heterocycles. The molecule has 23 heavy (non-hydrogen) atoms. The topological polar surface area (TPSA) is 61.8 Å². The highest BCUT2D eigenvalue weighted by Crippen LogP contribution is 2.18. The Hall–Kier alpha value is -0.740. The van der Waals surface area contributed by atoms with E-state index in [-0.39, 0.29) is 24.0 Å². The van der Waals surface area contributed by atoms with E-state index in [0.29, 0.717) is 6.54 Å². The summed E-state index contributed by atoms with van der Waals surface area (Å²) in [6, 6.07) is 4.09. The van der Waals surface area contributed by atoms with Gasteiger partial charge in [-0.15, -0.1) is 24.0 Å². The Morgan fingerprint density at radius 1 is 1.39 bits per heavy atom. The second-order valence-electron chi connectivity index (χ2n) is 4.93. The zero-order valence-corrected chi connectivity index (χ0v) is 16.9. The van der Waals surface area contributed by atoms with Gasteiger partial charge in [-0.2, -0.15) is 11.8 Å². The van der Waals surface area contributed by atoms with E-state index in [1.165, 1.54) is 5.56 Å². The van der Waals surface area contributed by atoms with Crippen LogP contribution in [0.25, 0.3) is 0 Å². The fourth-order valence-corrected chi connectivity index (χ4v) is 2.61. The highest BCUT2D eigenvalue weighted by atomic mass is 127. The number of hydrogen-bond donors (Lipinski definition) is 2. The molecule has 0 amide bonds. The number of aromatic nitrogens is 1. The van der Waals surface area contributed by atoms with E-state index in [4.69, 9.17) is 4.74 Å². The van der Waals surface area contributed by atoms with Gasteiger partial charge in [0.2, 0.25) is 0 Å². The van der Waals surface area contributed by atoms with Gasteiger partial charge in [0, 0.05) is 50.7 Å². The molecular weight excluding hydrogens is 425 g/mol. The fraction of sp³-hybridized carbons (Fsp3) is 0.600. The van der Waals surface area contributed by atoms with Gasteiger partial charge in [-0.05, 0) is 12.3 Å². The van der Waals surface area contributed by atoms with Crippen molar-refractivity contribution < 1.29 is 4.74 Å². The largest absolute Gasteiger partial charge is 0.378 e. The zero-order valence-electron chi connectivity index (χ0n) is 13.7. The van der Waals surface area contributed by atoms with Gasteiger partial charge in [0.05, 0.1) is 13.2 Å². The molecule has 0 bridgehead atoms. The Balaban J connectivity index is 0.00000264. The Bertz CT molecular complexity index is 483. The number of ether oxygens (including phenoxy) is 1. The number of nitrogens with one attached hydrogen (secondary N) is 2. The summed E-state index contributed by atoms with van der Waals surface area (Å²) in [6.45, 7) is 4.93. The first-order valence-electron chi connectivity index (χ1n) is 7.55. The first kappa shape index (κ1) is 20.3. The summed E-state index contributed by atoms with van der Waals surface area (Å²) in [5, 5.41) is 6.66. The van der Waals surface area contributed by atoms with Gasteiger partial charge in [-0.25, -0.2) is 4.98 Å². The third kappa shape index (κ3) is 6.72. The molecule has 1 aromatic heterocycles. The highest BCUT2D eigenvalue weighted by molar-refractivity contribution is 14.0. The van der Waals surface area contributed by atoms with Crippen LogP contribution in [0.2, 0.25) is 0 Å². The Kier molecular flexibility index (Phi) is 10.4. The van der Waals surface area contributed by atoms with Gasteiger partial charge >= 0.3 is 0 Å². The lowest BCUT2D eigenvalue weighted by molar-refractivity contribution is 0.122. The fourth-order valence-electron chi connectivity index (χ4n) is 2.30. The molecule has 6 nitrogen and oxygen atoms in total. The molecule has 0 aromatic carbocycles. The van der Waals surface area contributed by atoms with Crippen LogP contribution in [0.5, 0.6) is 0 Å². The van der Waals surface area contributed by atoms with Gasteiger partial charge in [-0.1, -0.05) is 6.07 Å². The number of pyridine rings is 1. The standard InChI is InChI=1S/C15H25N5OS.HI/c1-16-15(18-6-11-22-2)19-12-13-4-3-5-17-14(13)20-7-9-21-10-8-20;/h3-5H,6-12H2,1-2H3,(H2,16,18,19);1H. The number of aliphatic imine (C=N–C) groups is 1. The van der Waals surface area contributed by atoms with Crippen LogP contribution in [-0.2, 0) is 11.3 Å². The molecule has 0 unspecified atom stereocenters. The lowest BCUT2D eigenvalue weighted by Crippen LogP contribution is -2.40. The predicted molar refractivity (Wildman–Crippen MR) is 109 cm³/mol. The molecule has 1 aliphatic rings. The van der Waals surface area contributed by atoms with Crippen LogP contribution in [0.15, 0.2) is 23.3 Å². The van der Waals surface area contributed by atoms with Gasteiger partial charge in [0.25, 0.3) is 0 Å². The van der Waals surface area contributed by atoms with E-state index in [1.54, 1.807) is 7.05 Å². The van der Waals surface area contributed by atoms with Gasteiger partial charge in [-0.3, -0.25) is 4.99 Å². The first-order valence-corrected chi connectivity index (χ1v) is 8.94. The summed E-state index contributed by atoms with van der Waals surface area (Å²) in [4.78, 5) is 11.1. The van der Waals surface area contributed by atoms with Gasteiger partial charge < -0.3 is 20.3 Å². The maximum atomic E-state index is 5.42. The van der Waals surface area contributed by atoms with E-state index >= 15 is 0 Å². The van der Waals surface area contributed by atoms with Crippen molar-refractivity contribution in [1.82, 2.24) is 15.6 Å². The normalized spacial score (nSPS) is 15.0. The van der Waals surface area contributed by atoms with Gasteiger partial charge in [0.15, 0.2) is 5.96 Å². The molecule has 1 aliphatic heterocycles. The molecule has 1 fully saturated rings. The summed E-state index contributed by atoms with van der Waals surface area (Å²) in [6.07, 6.45) is 3.95. The predicted octanol–water partition coefficient (Wildman–Crippen LogP) is 1.56. The zero-order chi connectivity index (χ0) is 15.6. The van der Waals surface area contributed by atoms with Crippen molar-refractivity contribution in [3.8, 4) is 0 Å². The second-order valence-corrected chi connectivity index (χ2v) is 5.92. The van der Waals surface area contributed by atoms with Crippen LogP contribution in [0.1, 0.15) is 5.56 Å². The molecule has 130 valence electrons. The molecule has 1 aromatic rings. The summed E-state index contributed by atoms with van der Waals surface area (Å²) in [7, 11) is 1.79. The highest BCUT2D eigenvalue weighted by Gasteiger charge is 2.15. The summed E-state index contributed by atoms with van der Waals surface area (Å²) >= 11 is 1.82. The van der Waals surface area contributed by atoms with E-state index in [1.807, 2.05) is 24.0 Å². The molecular formula is C15H26IN5OS. The maximum absolute atomic E-state index is 5.42. The number of halogens is 1. The average molecular weight is 451 g/mol. The third-order valence-corrected chi connectivity index (χ3v) is 4.06. The maximum Gasteiger partial charge on any atom is 0.191 e. The van der Waals surface area contributed by atoms with Crippen molar-refractivity contribution in [3.63, 3.8) is 0 Å². The molecule has 2 N–H and O–H groups in total. The van der Waals surface area contributed by atoms with Crippen LogP contribution in [0.4, 0.5) is 5.82 Å². The number of morpholine rings is 1. The van der Waals surface area contributed by atoms with Crippen molar-refractivity contribution in [2.75, 3.05) is 56.8 Å². The number of thioether (sulfide) groups is 1. The van der Waals surface area contributed by atoms with E-state index in [2.05, 4.69) is 37.8 Å². The summed E-state index contributed by atoms with van der Waals surface area (Å²) in [5.41, 5.74) is 1.18. The number of hydrogen-bond acceptors (Lipinski definition) is 5. The Labute approximate surface area is 159 Å². The second kappa shape index (κ2) is 11.7. The Morgan fingerprint density at radius 2 is 2.17 bits per heavy atom. The minimum absolute atomic E-state index is 0. The summed E-state index contributed by atoms with van der Waals surface area (Å²) < 4.78 is 5.42. The van der Waals surface area contributed by atoms with Crippen LogP contribution in [0.3, 0.4) is 0 Å². The van der Waals surface area contributed by atoms with Crippen molar-refractivity contribution in [1.29, 1.82) is 0 Å². The smallest absolute Gasteiger partial charge is 0.191 e. The molecule has 2 heterocycles. The molecule has 0 radical (unpaired) electrons. The third-order valence-electron chi connectivity index (χ3n) is 3.45. The molecule has 0 aliphatic carbocycles. The van der Waals surface area contributed by atoms with E-state index in [0.717, 1.165) is 50.4 Å². The monoisotopic (exact) mass is 451 g/mol. The van der Waals surface area contributed by atoms with Crippen LogP contribution in [-0.4, -0.2) is 62.8 Å². The number of guanidine groups is 1. The molecule has 0 atom stereocenters. The minimum atomic E-state index is 0. The lowest BCUT2D eigenvalue weighted by Gasteiger charge is -2.29. The van der Waals surface area contributed by atoms with Crippen molar-refractivity contribution in [2.45, 2.75) is 6.54 Å². The van der Waals surface area contributed by atoms with Crippen molar-refractivity contribution >= 4 is 47.5 Å². The van der Waals surface area contributed by atoms with Crippen molar-refractivity contribution in [2.24, 2.45) is 4.99 Å². The van der Waals surface area contributed by atoms with Gasteiger partial charge in [0.1, 0.15) is 5.82 Å². The molecule has 8 heteroatoms. The van der Waals surface area contributed by atoms with E-state index < -0.39 is 0 Å². The number of anilines is 1. The Morgan fingerprint density at radius 3 is 2.87 bits per heavy atom. The minimum Gasteiger partial charge on any atom is -0.378 e. The first-order chi connectivity index (χ1) is 10.8. The van der Waals surface area contributed by atoms with Crippen molar-refractivity contribution in [3.05, 3.63) is 23.9 Å². The van der Waals surface area contributed by atoms with Crippen LogP contribution >= 0.6 is 35.7 Å². The molecule has 2 rings (SSSR count). The van der Waals surface area contributed by atoms with E-state index in [9.17, 15) is 0 Å². The molecule has 0 spiro atoms. The lowest BCUT2D eigenvalue weighted by atomic mass is 10.2. The quantitative estimate of drug-likeness (QED) is 0.297. The SMILES string of the molecule is CN=C(NCCSC)NCc1cccnc1N1CCOCC1.I. The van der Waals surface area contributed by atoms with Crippen LogP contribution < -0.4 is 15.5 Å². The summed E-state index contributed by atoms with van der Waals surface area (Å²) in [5.74, 6) is 2.93. The average Bonchev–Trinajstić information content (AvgIpc) is 2.59. The van der Waals surface area contributed by atoms with Crippen LogP contribution in [0, 0.1) is 0 Å². The number of rotatable bonds is 6. The molecule has 0 saturated carbocycles. The number of nitrogens with zero attached hydrogens (tertiary/aromatic N) is 3.